The van der Waals surface area contributed by atoms with Crippen molar-refractivity contribution >= 4 is 11.8 Å². The topological polar surface area (TPSA) is 12.0 Å². The average molecular weight is 265 g/mol. The predicted molar refractivity (Wildman–Crippen MR) is 83.4 cm³/mol. The number of rotatable bonds is 6. The Morgan fingerprint density at radius 1 is 1.22 bits per heavy atom. The standard InChI is InChI=1S/C16H27NS/c1-6-7-10-18-15-9-8-14(13(2)11-15)12-17-16(3,4)5/h8-9,11,17H,6-7,10,12H2,1-5H3. The Bertz CT molecular complexity index is 366. The Balaban J connectivity index is 2.56. The average Bonchev–Trinajstić information content (AvgIpc) is 2.27. The monoisotopic (exact) mass is 265 g/mol. The van der Waals surface area contributed by atoms with Gasteiger partial charge < -0.3 is 5.32 Å². The molecule has 0 aromatic heterocycles. The van der Waals surface area contributed by atoms with Gasteiger partial charge in [0.2, 0.25) is 0 Å². The van der Waals surface area contributed by atoms with E-state index in [1.165, 1.54) is 34.6 Å². The Hall–Kier alpha value is -0.470. The minimum atomic E-state index is 0.182. The maximum absolute atomic E-state index is 3.54. The van der Waals surface area contributed by atoms with Gasteiger partial charge in [0, 0.05) is 17.0 Å². The van der Waals surface area contributed by atoms with Crippen LogP contribution in [0.5, 0.6) is 0 Å². The van der Waals surface area contributed by atoms with Crippen LogP contribution in [0.4, 0.5) is 0 Å². The van der Waals surface area contributed by atoms with E-state index in [1.807, 2.05) is 11.8 Å². The van der Waals surface area contributed by atoms with Gasteiger partial charge in [-0.1, -0.05) is 19.4 Å². The van der Waals surface area contributed by atoms with Crippen LogP contribution < -0.4 is 5.32 Å². The number of hydrogen-bond donors (Lipinski definition) is 1. The summed E-state index contributed by atoms with van der Waals surface area (Å²) < 4.78 is 0. The lowest BCUT2D eigenvalue weighted by atomic mass is 10.1. The van der Waals surface area contributed by atoms with Crippen molar-refractivity contribution in [2.75, 3.05) is 5.75 Å². The fourth-order valence-electron chi connectivity index (χ4n) is 1.65. The summed E-state index contributed by atoms with van der Waals surface area (Å²) in [5.41, 5.74) is 2.99. The molecular formula is C16H27NS. The largest absolute Gasteiger partial charge is 0.308 e. The fourth-order valence-corrected chi connectivity index (χ4v) is 2.74. The smallest absolute Gasteiger partial charge is 0.0212 e. The van der Waals surface area contributed by atoms with Gasteiger partial charge in [0.15, 0.2) is 0 Å². The number of hydrogen-bond acceptors (Lipinski definition) is 2. The van der Waals surface area contributed by atoms with Crippen molar-refractivity contribution in [3.05, 3.63) is 29.3 Å². The van der Waals surface area contributed by atoms with Crippen LogP contribution in [0.25, 0.3) is 0 Å². The van der Waals surface area contributed by atoms with Gasteiger partial charge in [-0.3, -0.25) is 0 Å². The molecule has 1 N–H and O–H groups in total. The molecule has 1 aromatic carbocycles. The third-order valence-electron chi connectivity index (χ3n) is 2.89. The maximum Gasteiger partial charge on any atom is 0.0212 e. The summed E-state index contributed by atoms with van der Waals surface area (Å²) in [5, 5.41) is 3.54. The SMILES string of the molecule is CCCCSc1ccc(CNC(C)(C)C)c(C)c1. The van der Waals surface area contributed by atoms with Crippen LogP contribution in [0.3, 0.4) is 0 Å². The van der Waals surface area contributed by atoms with Gasteiger partial charge in [-0.05, 0) is 63.1 Å². The molecule has 1 nitrogen and oxygen atoms in total. The van der Waals surface area contributed by atoms with Gasteiger partial charge in [0.25, 0.3) is 0 Å². The summed E-state index contributed by atoms with van der Waals surface area (Å²) in [4.78, 5) is 1.40. The van der Waals surface area contributed by atoms with Gasteiger partial charge in [0.1, 0.15) is 0 Å². The van der Waals surface area contributed by atoms with Crippen molar-refractivity contribution in [1.82, 2.24) is 5.32 Å². The zero-order valence-corrected chi connectivity index (χ0v) is 13.3. The van der Waals surface area contributed by atoms with E-state index in [-0.39, 0.29) is 5.54 Å². The fraction of sp³-hybridized carbons (Fsp3) is 0.625. The third kappa shape index (κ3) is 5.92. The normalized spacial score (nSPS) is 11.8. The minimum absolute atomic E-state index is 0.182. The highest BCUT2D eigenvalue weighted by molar-refractivity contribution is 7.99. The molecule has 0 aliphatic heterocycles. The Morgan fingerprint density at radius 2 is 1.94 bits per heavy atom. The van der Waals surface area contributed by atoms with E-state index in [9.17, 15) is 0 Å². The molecule has 0 radical (unpaired) electrons. The lowest BCUT2D eigenvalue weighted by molar-refractivity contribution is 0.424. The number of nitrogens with one attached hydrogen (secondary N) is 1. The van der Waals surface area contributed by atoms with Crippen LogP contribution in [0.15, 0.2) is 23.1 Å². The zero-order chi connectivity index (χ0) is 13.6. The molecule has 0 saturated heterocycles. The molecule has 0 saturated carbocycles. The summed E-state index contributed by atoms with van der Waals surface area (Å²) in [6.07, 6.45) is 2.58. The van der Waals surface area contributed by atoms with Gasteiger partial charge in [-0.25, -0.2) is 0 Å². The zero-order valence-electron chi connectivity index (χ0n) is 12.5. The van der Waals surface area contributed by atoms with Crippen LogP contribution in [0.1, 0.15) is 51.7 Å². The molecule has 102 valence electrons. The van der Waals surface area contributed by atoms with Gasteiger partial charge >= 0.3 is 0 Å². The number of unbranched alkanes of at least 4 members (excludes halogenated alkanes) is 1. The van der Waals surface area contributed by atoms with Crippen molar-refractivity contribution in [3.63, 3.8) is 0 Å². The van der Waals surface area contributed by atoms with Crippen molar-refractivity contribution in [2.45, 2.75) is 64.4 Å². The highest BCUT2D eigenvalue weighted by Gasteiger charge is 2.09. The van der Waals surface area contributed by atoms with Crippen molar-refractivity contribution in [2.24, 2.45) is 0 Å². The van der Waals surface area contributed by atoms with Crippen LogP contribution in [0.2, 0.25) is 0 Å². The summed E-state index contributed by atoms with van der Waals surface area (Å²) in [6.45, 7) is 12.0. The molecule has 0 heterocycles. The van der Waals surface area contributed by atoms with Crippen molar-refractivity contribution in [1.29, 1.82) is 0 Å². The molecule has 1 rings (SSSR count). The van der Waals surface area contributed by atoms with Gasteiger partial charge in [-0.15, -0.1) is 11.8 Å². The van der Waals surface area contributed by atoms with Crippen molar-refractivity contribution < 1.29 is 0 Å². The highest BCUT2D eigenvalue weighted by Crippen LogP contribution is 2.22. The summed E-state index contributed by atoms with van der Waals surface area (Å²) in [7, 11) is 0. The molecule has 0 bridgehead atoms. The molecule has 0 amide bonds. The van der Waals surface area contributed by atoms with Crippen LogP contribution in [-0.4, -0.2) is 11.3 Å². The van der Waals surface area contributed by atoms with E-state index < -0.39 is 0 Å². The maximum atomic E-state index is 3.54. The lowest BCUT2D eigenvalue weighted by Crippen LogP contribution is -2.35. The Morgan fingerprint density at radius 3 is 2.50 bits per heavy atom. The summed E-state index contributed by atoms with van der Waals surface area (Å²) in [6, 6.07) is 6.84. The molecule has 0 unspecified atom stereocenters. The predicted octanol–water partition coefficient (Wildman–Crippen LogP) is 4.78. The molecule has 1 aromatic rings. The summed E-state index contributed by atoms with van der Waals surface area (Å²) >= 11 is 1.97. The number of aryl methyl sites for hydroxylation is 1. The second-order valence-corrected chi connectivity index (χ2v) is 7.06. The quantitative estimate of drug-likeness (QED) is 0.587. The third-order valence-corrected chi connectivity index (χ3v) is 3.97. The molecule has 0 aliphatic rings. The molecule has 0 spiro atoms. The number of benzene rings is 1. The van der Waals surface area contributed by atoms with E-state index in [2.05, 4.69) is 58.1 Å². The summed E-state index contributed by atoms with van der Waals surface area (Å²) in [5.74, 6) is 1.23. The molecule has 0 fully saturated rings. The minimum Gasteiger partial charge on any atom is -0.308 e. The molecule has 18 heavy (non-hydrogen) atoms. The Labute approximate surface area is 117 Å². The first kappa shape index (κ1) is 15.6. The van der Waals surface area contributed by atoms with E-state index in [0.29, 0.717) is 0 Å². The lowest BCUT2D eigenvalue weighted by Gasteiger charge is -2.21. The van der Waals surface area contributed by atoms with Gasteiger partial charge in [0.05, 0.1) is 0 Å². The van der Waals surface area contributed by atoms with E-state index in [0.717, 1.165) is 6.54 Å². The van der Waals surface area contributed by atoms with Crippen LogP contribution in [0, 0.1) is 6.92 Å². The highest BCUT2D eigenvalue weighted by atomic mass is 32.2. The first-order valence-electron chi connectivity index (χ1n) is 6.90. The van der Waals surface area contributed by atoms with Crippen LogP contribution in [-0.2, 0) is 6.54 Å². The second kappa shape index (κ2) is 7.20. The van der Waals surface area contributed by atoms with Crippen molar-refractivity contribution in [3.8, 4) is 0 Å². The molecule has 0 atom stereocenters. The number of thioether (sulfide) groups is 1. The molecule has 0 aliphatic carbocycles. The first-order valence-corrected chi connectivity index (χ1v) is 7.88. The van der Waals surface area contributed by atoms with E-state index in [1.54, 1.807) is 0 Å². The first-order chi connectivity index (χ1) is 8.42. The molecule has 2 heteroatoms. The second-order valence-electron chi connectivity index (χ2n) is 5.89. The van der Waals surface area contributed by atoms with E-state index >= 15 is 0 Å². The Kier molecular flexibility index (Phi) is 6.24. The van der Waals surface area contributed by atoms with E-state index in [4.69, 9.17) is 0 Å². The van der Waals surface area contributed by atoms with Gasteiger partial charge in [-0.2, -0.15) is 0 Å². The molecular weight excluding hydrogens is 238 g/mol. The van der Waals surface area contributed by atoms with Crippen LogP contribution >= 0.6 is 11.8 Å².